The molecule has 0 saturated heterocycles. The van der Waals surface area contributed by atoms with E-state index in [0.717, 1.165) is 24.1 Å². The van der Waals surface area contributed by atoms with Crippen LogP contribution in [0, 0.1) is 11.8 Å². The second-order valence-corrected chi connectivity index (χ2v) is 7.31. The van der Waals surface area contributed by atoms with E-state index in [2.05, 4.69) is 56.9 Å². The highest BCUT2D eigenvalue weighted by Gasteiger charge is 2.26. The fourth-order valence-electron chi connectivity index (χ4n) is 2.79. The van der Waals surface area contributed by atoms with E-state index in [9.17, 15) is 0 Å². The van der Waals surface area contributed by atoms with Gasteiger partial charge < -0.3 is 5.32 Å². The lowest BCUT2D eigenvalue weighted by atomic mass is 9.79. The second kappa shape index (κ2) is 5.66. The van der Waals surface area contributed by atoms with Crippen molar-refractivity contribution in [2.24, 2.45) is 11.8 Å². The molecule has 1 heterocycles. The summed E-state index contributed by atoms with van der Waals surface area (Å²) in [5.74, 6) is 1.69. The van der Waals surface area contributed by atoms with Gasteiger partial charge in [0.1, 0.15) is 0 Å². The Morgan fingerprint density at radius 2 is 2.00 bits per heavy atom. The van der Waals surface area contributed by atoms with Crippen LogP contribution < -0.4 is 5.32 Å². The van der Waals surface area contributed by atoms with E-state index in [0.29, 0.717) is 6.04 Å². The summed E-state index contributed by atoms with van der Waals surface area (Å²) >= 11 is 0. The van der Waals surface area contributed by atoms with Gasteiger partial charge in [0.15, 0.2) is 0 Å². The average molecular weight is 263 g/mol. The van der Waals surface area contributed by atoms with Crippen molar-refractivity contribution in [3.8, 4) is 0 Å². The zero-order chi connectivity index (χ0) is 14.0. The molecule has 3 nitrogen and oxygen atoms in total. The molecule has 0 amide bonds. The number of hydrogen-bond acceptors (Lipinski definition) is 2. The lowest BCUT2D eigenvalue weighted by molar-refractivity contribution is 0.200. The Morgan fingerprint density at radius 1 is 1.26 bits per heavy atom. The maximum atomic E-state index is 4.75. The number of nitrogens with one attached hydrogen (secondary N) is 1. The molecule has 1 fully saturated rings. The first-order valence-corrected chi connectivity index (χ1v) is 7.64. The van der Waals surface area contributed by atoms with Gasteiger partial charge in [0.25, 0.3) is 0 Å². The Labute approximate surface area is 117 Å². The summed E-state index contributed by atoms with van der Waals surface area (Å²) in [7, 11) is 0. The van der Waals surface area contributed by atoms with Gasteiger partial charge >= 0.3 is 0 Å². The molecule has 3 heteroatoms. The predicted molar refractivity (Wildman–Crippen MR) is 80.0 cm³/mol. The highest BCUT2D eigenvalue weighted by atomic mass is 15.3. The van der Waals surface area contributed by atoms with E-state index >= 15 is 0 Å². The molecular weight excluding hydrogens is 234 g/mol. The smallest absolute Gasteiger partial charge is 0.0762 e. The van der Waals surface area contributed by atoms with Crippen molar-refractivity contribution in [2.45, 2.75) is 72.0 Å². The van der Waals surface area contributed by atoms with Crippen molar-refractivity contribution in [1.29, 1.82) is 0 Å². The van der Waals surface area contributed by atoms with Gasteiger partial charge in [-0.15, -0.1) is 0 Å². The summed E-state index contributed by atoms with van der Waals surface area (Å²) in [6.07, 6.45) is 6.04. The van der Waals surface area contributed by atoms with Crippen molar-refractivity contribution in [3.63, 3.8) is 0 Å². The minimum Gasteiger partial charge on any atom is -0.306 e. The number of nitrogens with zero attached hydrogens (tertiary/aromatic N) is 2. The molecule has 1 N–H and O–H groups in total. The molecule has 1 saturated carbocycles. The molecular formula is C16H29N3. The van der Waals surface area contributed by atoms with Gasteiger partial charge in [0.2, 0.25) is 0 Å². The Balaban J connectivity index is 1.93. The molecule has 108 valence electrons. The van der Waals surface area contributed by atoms with E-state index in [1.165, 1.54) is 19.3 Å². The van der Waals surface area contributed by atoms with Crippen molar-refractivity contribution in [1.82, 2.24) is 15.1 Å². The van der Waals surface area contributed by atoms with E-state index in [1.54, 1.807) is 0 Å². The molecule has 3 atom stereocenters. The molecule has 0 aromatic carbocycles. The zero-order valence-electron chi connectivity index (χ0n) is 13.1. The summed E-state index contributed by atoms with van der Waals surface area (Å²) < 4.78 is 2.20. The lowest BCUT2D eigenvalue weighted by Crippen LogP contribution is -2.35. The molecule has 3 unspecified atom stereocenters. The maximum Gasteiger partial charge on any atom is 0.0762 e. The largest absolute Gasteiger partial charge is 0.306 e. The Morgan fingerprint density at radius 3 is 2.63 bits per heavy atom. The van der Waals surface area contributed by atoms with Gasteiger partial charge in [-0.05, 0) is 57.9 Å². The first kappa shape index (κ1) is 14.6. The molecule has 19 heavy (non-hydrogen) atoms. The fraction of sp³-hybridized carbons (Fsp3) is 0.812. The summed E-state index contributed by atoms with van der Waals surface area (Å²) in [5.41, 5.74) is 1.31. The standard InChI is InChI=1S/C16H29N3/c1-12-6-7-15(10-13(12)2)19-9-8-14(18-19)11-17-16(3,4)5/h8-9,12-13,15,17H,6-7,10-11H2,1-5H3. The lowest BCUT2D eigenvalue weighted by Gasteiger charge is -2.32. The Hall–Kier alpha value is -0.830. The quantitative estimate of drug-likeness (QED) is 0.899. The monoisotopic (exact) mass is 263 g/mol. The van der Waals surface area contributed by atoms with Crippen LogP contribution >= 0.6 is 0 Å². The van der Waals surface area contributed by atoms with Crippen LogP contribution in [-0.4, -0.2) is 15.3 Å². The van der Waals surface area contributed by atoms with Gasteiger partial charge in [-0.3, -0.25) is 4.68 Å². The molecule has 0 radical (unpaired) electrons. The van der Waals surface area contributed by atoms with Crippen molar-refractivity contribution < 1.29 is 0 Å². The highest BCUT2D eigenvalue weighted by molar-refractivity contribution is 5.00. The maximum absolute atomic E-state index is 4.75. The predicted octanol–water partition coefficient (Wildman–Crippen LogP) is 3.77. The molecule has 0 aliphatic heterocycles. The molecule has 1 aromatic heterocycles. The number of hydrogen-bond donors (Lipinski definition) is 1. The van der Waals surface area contributed by atoms with Crippen molar-refractivity contribution in [2.75, 3.05) is 0 Å². The molecule has 1 aromatic rings. The topological polar surface area (TPSA) is 29.9 Å². The summed E-state index contributed by atoms with van der Waals surface area (Å²) in [6, 6.07) is 2.76. The molecule has 1 aliphatic carbocycles. The second-order valence-electron chi connectivity index (χ2n) is 7.31. The van der Waals surface area contributed by atoms with Gasteiger partial charge in [0.05, 0.1) is 11.7 Å². The van der Waals surface area contributed by atoms with Crippen molar-refractivity contribution in [3.05, 3.63) is 18.0 Å². The average Bonchev–Trinajstić information content (AvgIpc) is 2.78. The van der Waals surface area contributed by atoms with Gasteiger partial charge in [-0.1, -0.05) is 13.8 Å². The van der Waals surface area contributed by atoms with Crippen LogP contribution in [0.25, 0.3) is 0 Å². The Bertz CT molecular complexity index is 402. The fourth-order valence-corrected chi connectivity index (χ4v) is 2.79. The molecule has 1 aliphatic rings. The van der Waals surface area contributed by atoms with Crippen LogP contribution in [-0.2, 0) is 6.54 Å². The third-order valence-corrected chi connectivity index (χ3v) is 4.41. The first-order valence-electron chi connectivity index (χ1n) is 7.64. The first-order chi connectivity index (χ1) is 8.85. The van der Waals surface area contributed by atoms with Gasteiger partial charge in [0, 0.05) is 18.3 Å². The minimum absolute atomic E-state index is 0.151. The molecule has 2 rings (SSSR count). The van der Waals surface area contributed by atoms with E-state index < -0.39 is 0 Å². The Kier molecular flexibility index (Phi) is 4.34. The normalized spacial score (nSPS) is 28.6. The van der Waals surface area contributed by atoms with Crippen molar-refractivity contribution >= 4 is 0 Å². The van der Waals surface area contributed by atoms with E-state index in [4.69, 9.17) is 5.10 Å². The van der Waals surface area contributed by atoms with Crippen LogP contribution in [0.4, 0.5) is 0 Å². The molecule has 0 bridgehead atoms. The SMILES string of the molecule is CC1CCC(n2ccc(CNC(C)(C)C)n2)CC1C. The van der Waals surface area contributed by atoms with Crippen LogP contribution in [0.15, 0.2) is 12.3 Å². The third kappa shape index (κ3) is 4.07. The van der Waals surface area contributed by atoms with Gasteiger partial charge in [-0.25, -0.2) is 0 Å². The third-order valence-electron chi connectivity index (χ3n) is 4.41. The van der Waals surface area contributed by atoms with Crippen LogP contribution in [0.2, 0.25) is 0 Å². The zero-order valence-corrected chi connectivity index (χ0v) is 13.1. The van der Waals surface area contributed by atoms with Gasteiger partial charge in [-0.2, -0.15) is 5.10 Å². The molecule has 0 spiro atoms. The van der Waals surface area contributed by atoms with E-state index in [-0.39, 0.29) is 5.54 Å². The number of aromatic nitrogens is 2. The summed E-state index contributed by atoms with van der Waals surface area (Å²) in [6.45, 7) is 12.2. The minimum atomic E-state index is 0.151. The van der Waals surface area contributed by atoms with E-state index in [1.807, 2.05) is 0 Å². The highest BCUT2D eigenvalue weighted by Crippen LogP contribution is 2.35. The van der Waals surface area contributed by atoms with Crippen LogP contribution in [0.5, 0.6) is 0 Å². The number of rotatable bonds is 3. The van der Waals surface area contributed by atoms with Crippen LogP contribution in [0.1, 0.15) is 65.6 Å². The van der Waals surface area contributed by atoms with Crippen LogP contribution in [0.3, 0.4) is 0 Å². The summed E-state index contributed by atoms with van der Waals surface area (Å²) in [5, 5.41) is 8.25. The summed E-state index contributed by atoms with van der Waals surface area (Å²) in [4.78, 5) is 0.